The molecule has 1 aromatic carbocycles. The van der Waals surface area contributed by atoms with Gasteiger partial charge in [-0.2, -0.15) is 0 Å². The molecule has 5 nitrogen and oxygen atoms in total. The summed E-state index contributed by atoms with van der Waals surface area (Å²) in [5.41, 5.74) is 3.48. The molecule has 1 atom stereocenters. The van der Waals surface area contributed by atoms with Crippen LogP contribution in [0.1, 0.15) is 24.2 Å². The van der Waals surface area contributed by atoms with E-state index in [1.54, 1.807) is 0 Å². The lowest BCUT2D eigenvalue weighted by molar-refractivity contribution is 0.568. The van der Waals surface area contributed by atoms with E-state index in [1.165, 1.54) is 11.3 Å². The minimum atomic E-state index is 0.116. The molecular formula is C14H21N5. The zero-order valence-corrected chi connectivity index (χ0v) is 12.0. The summed E-state index contributed by atoms with van der Waals surface area (Å²) < 4.78 is 1.82. The summed E-state index contributed by atoms with van der Waals surface area (Å²) in [6.07, 6.45) is 1.82. The molecule has 0 radical (unpaired) electrons. The maximum absolute atomic E-state index is 4.02. The van der Waals surface area contributed by atoms with E-state index in [0.29, 0.717) is 0 Å². The van der Waals surface area contributed by atoms with E-state index >= 15 is 0 Å². The van der Waals surface area contributed by atoms with Gasteiger partial charge in [0.1, 0.15) is 0 Å². The molecule has 2 aromatic rings. The van der Waals surface area contributed by atoms with Gasteiger partial charge in [0.2, 0.25) is 0 Å². The average molecular weight is 259 g/mol. The number of nitrogens with zero attached hydrogens (tertiary/aromatic N) is 4. The van der Waals surface area contributed by atoms with Gasteiger partial charge in [0, 0.05) is 26.8 Å². The second kappa shape index (κ2) is 5.84. The lowest BCUT2D eigenvalue weighted by Crippen LogP contribution is -2.24. The second-order valence-corrected chi connectivity index (χ2v) is 4.76. The number of nitrogens with one attached hydrogen (secondary N) is 1. The first-order chi connectivity index (χ1) is 9.13. The highest BCUT2D eigenvalue weighted by Gasteiger charge is 2.17. The van der Waals surface area contributed by atoms with Crippen molar-refractivity contribution in [2.24, 2.45) is 7.05 Å². The monoisotopic (exact) mass is 259 g/mol. The van der Waals surface area contributed by atoms with Gasteiger partial charge in [-0.3, -0.25) is 4.68 Å². The van der Waals surface area contributed by atoms with Crippen molar-refractivity contribution in [3.63, 3.8) is 0 Å². The Kier molecular flexibility index (Phi) is 4.16. The van der Waals surface area contributed by atoms with Crippen LogP contribution >= 0.6 is 0 Å². The summed E-state index contributed by atoms with van der Waals surface area (Å²) in [5.74, 6) is 0. The van der Waals surface area contributed by atoms with E-state index < -0.39 is 0 Å². The predicted molar refractivity (Wildman–Crippen MR) is 77.3 cm³/mol. The van der Waals surface area contributed by atoms with Crippen molar-refractivity contribution in [3.8, 4) is 0 Å². The quantitative estimate of drug-likeness (QED) is 0.885. The maximum Gasteiger partial charge on any atom is 0.0798 e. The topological polar surface area (TPSA) is 46.0 Å². The van der Waals surface area contributed by atoms with Gasteiger partial charge in [-0.15, -0.1) is 5.10 Å². The van der Waals surface area contributed by atoms with Crippen molar-refractivity contribution in [2.45, 2.75) is 13.0 Å². The van der Waals surface area contributed by atoms with Crippen LogP contribution in [0.15, 0.2) is 30.5 Å². The fourth-order valence-electron chi connectivity index (χ4n) is 2.14. The number of benzene rings is 1. The van der Waals surface area contributed by atoms with Gasteiger partial charge in [-0.1, -0.05) is 24.3 Å². The minimum absolute atomic E-state index is 0.116. The first kappa shape index (κ1) is 13.5. The van der Waals surface area contributed by atoms with Crippen LogP contribution in [0, 0.1) is 0 Å². The molecule has 5 heteroatoms. The number of aryl methyl sites for hydroxylation is 1. The summed E-state index contributed by atoms with van der Waals surface area (Å²) >= 11 is 0. The van der Waals surface area contributed by atoms with Crippen LogP contribution in [0.3, 0.4) is 0 Å². The Hall–Kier alpha value is -1.88. The van der Waals surface area contributed by atoms with E-state index in [1.807, 2.05) is 32.0 Å². The van der Waals surface area contributed by atoms with Crippen LogP contribution in [0.4, 0.5) is 5.69 Å². The molecular weight excluding hydrogens is 238 g/mol. The van der Waals surface area contributed by atoms with Gasteiger partial charge < -0.3 is 10.2 Å². The van der Waals surface area contributed by atoms with Crippen molar-refractivity contribution >= 4 is 5.69 Å². The molecule has 0 spiro atoms. The molecule has 19 heavy (non-hydrogen) atoms. The van der Waals surface area contributed by atoms with Crippen molar-refractivity contribution in [3.05, 3.63) is 41.7 Å². The molecule has 0 saturated carbocycles. The van der Waals surface area contributed by atoms with E-state index in [0.717, 1.165) is 12.2 Å². The zero-order valence-electron chi connectivity index (χ0n) is 12.0. The third-order valence-electron chi connectivity index (χ3n) is 3.17. The lowest BCUT2D eigenvalue weighted by atomic mass is 10.0. The van der Waals surface area contributed by atoms with E-state index in [9.17, 15) is 0 Å². The average Bonchev–Trinajstić information content (AvgIpc) is 2.82. The largest absolute Gasteiger partial charge is 0.378 e. The van der Waals surface area contributed by atoms with Crippen molar-refractivity contribution in [1.82, 2.24) is 20.3 Å². The third kappa shape index (κ3) is 2.93. The Morgan fingerprint density at radius 1 is 1.37 bits per heavy atom. The fourth-order valence-corrected chi connectivity index (χ4v) is 2.14. The van der Waals surface area contributed by atoms with Gasteiger partial charge in [0.15, 0.2) is 0 Å². The lowest BCUT2D eigenvalue weighted by Gasteiger charge is -2.20. The molecule has 0 aliphatic heterocycles. The van der Waals surface area contributed by atoms with Gasteiger partial charge in [-0.25, -0.2) is 0 Å². The smallest absolute Gasteiger partial charge is 0.0798 e. The summed E-state index contributed by atoms with van der Waals surface area (Å²) in [7, 11) is 6.02. The van der Waals surface area contributed by atoms with Crippen molar-refractivity contribution < 1.29 is 0 Å². The molecule has 0 aliphatic carbocycles. The Morgan fingerprint density at radius 3 is 2.74 bits per heavy atom. The van der Waals surface area contributed by atoms with E-state index in [-0.39, 0.29) is 6.04 Å². The summed E-state index contributed by atoms with van der Waals surface area (Å²) in [5, 5.41) is 11.5. The number of hydrogen-bond donors (Lipinski definition) is 1. The van der Waals surface area contributed by atoms with Gasteiger partial charge in [-0.05, 0) is 24.2 Å². The number of aromatic nitrogens is 3. The molecule has 0 aliphatic rings. The standard InChI is InChI=1S/C14H21N5/c1-5-15-14(13-10-16-17-19(13)4)11-7-6-8-12(9-11)18(2)3/h6-10,14-15H,5H2,1-4H3. The third-order valence-corrected chi connectivity index (χ3v) is 3.17. The molecule has 0 fully saturated rings. The Balaban J connectivity index is 2.39. The maximum atomic E-state index is 4.02. The van der Waals surface area contributed by atoms with Gasteiger partial charge >= 0.3 is 0 Å². The van der Waals surface area contributed by atoms with E-state index in [4.69, 9.17) is 0 Å². The highest BCUT2D eigenvalue weighted by atomic mass is 15.4. The summed E-state index contributed by atoms with van der Waals surface area (Å²) in [6, 6.07) is 8.63. The Bertz CT molecular complexity index is 532. The van der Waals surface area contributed by atoms with Crippen LogP contribution in [0.2, 0.25) is 0 Å². The number of rotatable bonds is 5. The molecule has 1 N–H and O–H groups in total. The highest BCUT2D eigenvalue weighted by molar-refractivity contribution is 5.48. The molecule has 1 heterocycles. The first-order valence-electron chi connectivity index (χ1n) is 6.48. The highest BCUT2D eigenvalue weighted by Crippen LogP contribution is 2.24. The Labute approximate surface area is 114 Å². The fraction of sp³-hybridized carbons (Fsp3) is 0.429. The van der Waals surface area contributed by atoms with Crippen molar-refractivity contribution in [1.29, 1.82) is 0 Å². The second-order valence-electron chi connectivity index (χ2n) is 4.76. The van der Waals surface area contributed by atoms with Gasteiger partial charge in [0.25, 0.3) is 0 Å². The molecule has 2 rings (SSSR count). The van der Waals surface area contributed by atoms with Crippen molar-refractivity contribution in [2.75, 3.05) is 25.5 Å². The predicted octanol–water partition coefficient (Wildman–Crippen LogP) is 1.58. The zero-order chi connectivity index (χ0) is 13.8. The molecule has 1 unspecified atom stereocenters. The first-order valence-corrected chi connectivity index (χ1v) is 6.48. The van der Waals surface area contributed by atoms with Crippen LogP contribution in [0.25, 0.3) is 0 Å². The summed E-state index contributed by atoms with van der Waals surface area (Å²) in [6.45, 7) is 2.99. The molecule has 0 saturated heterocycles. The summed E-state index contributed by atoms with van der Waals surface area (Å²) in [4.78, 5) is 2.11. The molecule has 1 aromatic heterocycles. The van der Waals surface area contributed by atoms with Crippen LogP contribution in [0.5, 0.6) is 0 Å². The SMILES string of the molecule is CCNC(c1cccc(N(C)C)c1)c1cnnn1C. The normalized spacial score (nSPS) is 12.4. The van der Waals surface area contributed by atoms with Crippen LogP contribution < -0.4 is 10.2 Å². The van der Waals surface area contributed by atoms with E-state index in [2.05, 4.69) is 51.7 Å². The molecule has 102 valence electrons. The van der Waals surface area contributed by atoms with Crippen LogP contribution in [-0.4, -0.2) is 35.6 Å². The number of hydrogen-bond acceptors (Lipinski definition) is 4. The Morgan fingerprint density at radius 2 is 2.16 bits per heavy atom. The molecule has 0 amide bonds. The molecule has 0 bridgehead atoms. The minimum Gasteiger partial charge on any atom is -0.378 e. The number of anilines is 1. The van der Waals surface area contributed by atoms with Gasteiger partial charge in [0.05, 0.1) is 17.9 Å². The van der Waals surface area contributed by atoms with Crippen LogP contribution in [-0.2, 0) is 7.05 Å².